The van der Waals surface area contributed by atoms with Gasteiger partial charge in [0.15, 0.2) is 0 Å². The van der Waals surface area contributed by atoms with E-state index in [-0.39, 0.29) is 5.91 Å². The van der Waals surface area contributed by atoms with Crippen LogP contribution in [0.3, 0.4) is 0 Å². The van der Waals surface area contributed by atoms with E-state index in [0.29, 0.717) is 49.2 Å². The Morgan fingerprint density at radius 3 is 2.80 bits per heavy atom. The molecule has 3 aliphatic rings. The van der Waals surface area contributed by atoms with E-state index in [1.165, 1.54) is 11.8 Å². The summed E-state index contributed by atoms with van der Waals surface area (Å²) in [5.41, 5.74) is 2.26. The number of rotatable bonds is 16. The molecule has 3 heterocycles. The van der Waals surface area contributed by atoms with Crippen molar-refractivity contribution in [2.45, 2.75) is 81.8 Å². The molecule has 3 N–H and O–H groups in total. The molecule has 0 spiro atoms. The summed E-state index contributed by atoms with van der Waals surface area (Å²) in [5, 5.41) is 20.7. The zero-order chi connectivity index (χ0) is 28.1. The summed E-state index contributed by atoms with van der Waals surface area (Å²) in [7, 11) is 1.75. The first-order chi connectivity index (χ1) is 19.4. The quantitative estimate of drug-likeness (QED) is 0.262. The number of anilines is 1. The smallest absolute Gasteiger partial charge is 0.326 e. The molecule has 2 aliphatic carbocycles. The average Bonchev–Trinajstić information content (AvgIpc) is 3.88. The normalized spacial score (nSPS) is 18.2. The standard InChI is InChI=1S/C29H41ClN6O4/c1-35-25(23(30)19-32-35)29(12-13-29)28(39)34-24(27(37)38)11-16-36(17-18-40-22-9-10-22)15-3-2-6-21-8-7-20-5-4-14-31-26(20)33-21/h7-8,19,22,24H,2-6,9-18H2,1H3,(H,31,33)(H,34,39)(H,37,38)/t24-/m0/s1. The number of aromatic nitrogens is 3. The lowest BCUT2D eigenvalue weighted by Crippen LogP contribution is -2.47. The molecule has 2 fully saturated rings. The van der Waals surface area contributed by atoms with Crippen LogP contribution in [0.15, 0.2) is 18.3 Å². The molecular formula is C29H41ClN6O4. The molecule has 11 heteroatoms. The van der Waals surface area contributed by atoms with Crippen LogP contribution in [0.1, 0.15) is 68.3 Å². The molecule has 0 bridgehead atoms. The number of nitrogens with one attached hydrogen (secondary N) is 2. The van der Waals surface area contributed by atoms with Gasteiger partial charge in [-0.05, 0) is 82.4 Å². The number of aryl methyl sites for hydroxylation is 3. The molecule has 40 heavy (non-hydrogen) atoms. The molecule has 2 aromatic heterocycles. The Morgan fingerprint density at radius 1 is 1.27 bits per heavy atom. The van der Waals surface area contributed by atoms with Gasteiger partial charge in [0, 0.05) is 32.4 Å². The minimum atomic E-state index is -1.03. The van der Waals surface area contributed by atoms with Gasteiger partial charge in [-0.1, -0.05) is 17.7 Å². The number of ether oxygens (including phenoxy) is 1. The summed E-state index contributed by atoms with van der Waals surface area (Å²) in [6.45, 7) is 3.76. The lowest BCUT2D eigenvalue weighted by molar-refractivity contribution is -0.142. The molecule has 0 unspecified atom stereocenters. The number of hydrogen-bond acceptors (Lipinski definition) is 7. The van der Waals surface area contributed by atoms with Gasteiger partial charge >= 0.3 is 5.97 Å². The molecular weight excluding hydrogens is 532 g/mol. The molecule has 1 amide bonds. The monoisotopic (exact) mass is 572 g/mol. The fraction of sp³-hybridized carbons (Fsp3) is 0.655. The second-order valence-corrected chi connectivity index (χ2v) is 11.8. The summed E-state index contributed by atoms with van der Waals surface area (Å²) >= 11 is 6.32. The zero-order valence-corrected chi connectivity index (χ0v) is 24.1. The van der Waals surface area contributed by atoms with Crippen LogP contribution in [0.4, 0.5) is 5.82 Å². The third-order valence-corrected chi connectivity index (χ3v) is 8.54. The number of carbonyl (C=O) groups is 2. The van der Waals surface area contributed by atoms with Gasteiger partial charge in [-0.25, -0.2) is 9.78 Å². The Hall–Kier alpha value is -2.69. The van der Waals surface area contributed by atoms with Crippen LogP contribution < -0.4 is 10.6 Å². The summed E-state index contributed by atoms with van der Waals surface area (Å²) in [6.07, 6.45) is 10.9. The number of halogens is 1. The molecule has 218 valence electrons. The van der Waals surface area contributed by atoms with Crippen LogP contribution >= 0.6 is 11.6 Å². The maximum absolute atomic E-state index is 13.3. The van der Waals surface area contributed by atoms with Crippen molar-refractivity contribution in [2.24, 2.45) is 7.05 Å². The predicted molar refractivity (Wildman–Crippen MR) is 153 cm³/mol. The average molecular weight is 573 g/mol. The van der Waals surface area contributed by atoms with E-state index in [9.17, 15) is 14.7 Å². The molecule has 2 aromatic rings. The second kappa shape index (κ2) is 12.9. The van der Waals surface area contributed by atoms with E-state index in [4.69, 9.17) is 21.3 Å². The SMILES string of the molecule is Cn1ncc(Cl)c1C1(C(=O)N[C@@H](CCN(CCCCc2ccc3c(n2)NCCC3)CCOC2CC2)C(=O)O)CC1. The maximum atomic E-state index is 13.3. The van der Waals surface area contributed by atoms with Crippen molar-refractivity contribution in [1.29, 1.82) is 0 Å². The summed E-state index contributed by atoms with van der Waals surface area (Å²) < 4.78 is 7.50. The number of carboxylic acids is 1. The molecule has 5 rings (SSSR count). The van der Waals surface area contributed by atoms with Crippen LogP contribution in [-0.4, -0.2) is 81.6 Å². The minimum absolute atomic E-state index is 0.291. The number of carboxylic acid groups (broad SMARTS) is 1. The van der Waals surface area contributed by atoms with Crippen molar-refractivity contribution < 1.29 is 19.4 Å². The molecule has 0 radical (unpaired) electrons. The van der Waals surface area contributed by atoms with Gasteiger partial charge in [-0.15, -0.1) is 0 Å². The highest BCUT2D eigenvalue weighted by atomic mass is 35.5. The number of amides is 1. The van der Waals surface area contributed by atoms with E-state index in [1.54, 1.807) is 11.7 Å². The fourth-order valence-electron chi connectivity index (χ4n) is 5.58. The number of nitrogens with zero attached hydrogens (tertiary/aromatic N) is 4. The summed E-state index contributed by atoms with van der Waals surface area (Å²) in [4.78, 5) is 32.5. The first kappa shape index (κ1) is 28.8. The number of unbranched alkanes of at least 4 members (excludes halogenated alkanes) is 1. The highest BCUT2D eigenvalue weighted by Crippen LogP contribution is 2.50. The number of fused-ring (bicyclic) bond motifs is 1. The Labute approximate surface area is 240 Å². The first-order valence-electron chi connectivity index (χ1n) is 14.6. The molecule has 2 saturated carbocycles. The van der Waals surface area contributed by atoms with Gasteiger partial charge < -0.3 is 25.4 Å². The van der Waals surface area contributed by atoms with Crippen molar-refractivity contribution in [3.63, 3.8) is 0 Å². The van der Waals surface area contributed by atoms with Crippen molar-refractivity contribution in [3.8, 4) is 0 Å². The van der Waals surface area contributed by atoms with Gasteiger partial charge in [0.1, 0.15) is 11.9 Å². The van der Waals surface area contributed by atoms with Gasteiger partial charge in [0.2, 0.25) is 5.91 Å². The van der Waals surface area contributed by atoms with Gasteiger partial charge in [0.05, 0.1) is 35.0 Å². The molecule has 10 nitrogen and oxygen atoms in total. The van der Waals surface area contributed by atoms with Crippen LogP contribution in [0.5, 0.6) is 0 Å². The van der Waals surface area contributed by atoms with Gasteiger partial charge in [0.25, 0.3) is 0 Å². The zero-order valence-electron chi connectivity index (χ0n) is 23.3. The molecule has 0 saturated heterocycles. The Balaban J connectivity index is 1.13. The van der Waals surface area contributed by atoms with Crippen molar-refractivity contribution in [1.82, 2.24) is 25.0 Å². The fourth-order valence-corrected chi connectivity index (χ4v) is 5.93. The Morgan fingerprint density at radius 2 is 2.10 bits per heavy atom. The Bertz CT molecular complexity index is 1180. The van der Waals surface area contributed by atoms with E-state index in [1.807, 2.05) is 0 Å². The lowest BCUT2D eigenvalue weighted by Gasteiger charge is -2.25. The molecule has 1 atom stereocenters. The second-order valence-electron chi connectivity index (χ2n) is 11.4. The van der Waals surface area contributed by atoms with Crippen molar-refractivity contribution in [2.75, 3.05) is 38.1 Å². The van der Waals surface area contributed by atoms with E-state index < -0.39 is 17.4 Å². The van der Waals surface area contributed by atoms with Crippen molar-refractivity contribution in [3.05, 3.63) is 40.3 Å². The van der Waals surface area contributed by atoms with Crippen LogP contribution in [0.25, 0.3) is 0 Å². The number of carbonyl (C=O) groups excluding carboxylic acids is 1. The predicted octanol–water partition coefficient (Wildman–Crippen LogP) is 3.32. The summed E-state index contributed by atoms with van der Waals surface area (Å²) in [5.74, 6) is -0.286. The Kier molecular flexibility index (Phi) is 9.27. The van der Waals surface area contributed by atoms with Crippen LogP contribution in [0, 0.1) is 0 Å². The van der Waals surface area contributed by atoms with Gasteiger partial charge in [-0.2, -0.15) is 5.10 Å². The first-order valence-corrected chi connectivity index (χ1v) is 15.0. The highest BCUT2D eigenvalue weighted by Gasteiger charge is 2.55. The van der Waals surface area contributed by atoms with Crippen LogP contribution in [0.2, 0.25) is 5.02 Å². The topological polar surface area (TPSA) is 122 Å². The number of aliphatic carboxylic acids is 1. The summed E-state index contributed by atoms with van der Waals surface area (Å²) in [6, 6.07) is 3.36. The third kappa shape index (κ3) is 7.14. The molecule has 1 aliphatic heterocycles. The minimum Gasteiger partial charge on any atom is -0.480 e. The van der Waals surface area contributed by atoms with E-state index in [2.05, 4.69) is 32.8 Å². The van der Waals surface area contributed by atoms with E-state index >= 15 is 0 Å². The number of pyridine rings is 1. The van der Waals surface area contributed by atoms with Gasteiger partial charge in [-0.3, -0.25) is 9.48 Å². The van der Waals surface area contributed by atoms with E-state index in [0.717, 1.165) is 76.1 Å². The lowest BCUT2D eigenvalue weighted by atomic mass is 10.00. The van der Waals surface area contributed by atoms with Crippen LogP contribution in [-0.2, 0) is 39.6 Å². The largest absolute Gasteiger partial charge is 0.480 e. The highest BCUT2D eigenvalue weighted by molar-refractivity contribution is 6.31. The number of hydrogen-bond donors (Lipinski definition) is 3. The third-order valence-electron chi connectivity index (χ3n) is 8.26. The van der Waals surface area contributed by atoms with Crippen molar-refractivity contribution >= 4 is 29.3 Å². The maximum Gasteiger partial charge on any atom is 0.326 e. The molecule has 0 aromatic carbocycles.